The van der Waals surface area contributed by atoms with Gasteiger partial charge in [0.15, 0.2) is 0 Å². The number of carbonyl (C=O) groups is 1. The number of anilines is 1. The zero-order valence-corrected chi connectivity index (χ0v) is 20.2. The number of benzene rings is 2. The van der Waals surface area contributed by atoms with Gasteiger partial charge >= 0.3 is 0 Å². The molecule has 0 bridgehead atoms. The monoisotopic (exact) mass is 441 g/mol. The topological polar surface area (TPSA) is 54.0 Å². The highest BCUT2D eigenvalue weighted by Crippen LogP contribution is 2.30. The maximum atomic E-state index is 13.2. The second kappa shape index (κ2) is 9.88. The first kappa shape index (κ1) is 23.2. The summed E-state index contributed by atoms with van der Waals surface area (Å²) in [7, 11) is 0. The number of rotatable bonds is 4. The van der Waals surface area contributed by atoms with Crippen LogP contribution in [0.25, 0.3) is 11.1 Å². The van der Waals surface area contributed by atoms with Gasteiger partial charge in [0.05, 0.1) is 11.4 Å². The molecule has 1 aromatic heterocycles. The number of aromatic nitrogens is 1. The molecule has 0 saturated carbocycles. The maximum absolute atomic E-state index is 13.2. The summed E-state index contributed by atoms with van der Waals surface area (Å²) in [5.74, 6) is 0.220. The lowest BCUT2D eigenvalue weighted by Gasteiger charge is -2.19. The van der Waals surface area contributed by atoms with E-state index in [-0.39, 0.29) is 11.3 Å². The quantitative estimate of drug-likeness (QED) is 0.488. The van der Waals surface area contributed by atoms with Crippen molar-refractivity contribution in [2.75, 3.05) is 18.4 Å². The average Bonchev–Trinajstić information content (AvgIpc) is 3.09. The Morgan fingerprint density at radius 1 is 1.06 bits per heavy atom. The molecule has 3 aromatic rings. The summed E-state index contributed by atoms with van der Waals surface area (Å²) >= 11 is 0. The molecule has 4 nitrogen and oxygen atoms in total. The molecule has 33 heavy (non-hydrogen) atoms. The van der Waals surface area contributed by atoms with Gasteiger partial charge in [-0.1, -0.05) is 57.5 Å². The molecule has 1 aliphatic heterocycles. The number of hydrogen-bond donors (Lipinski definition) is 2. The van der Waals surface area contributed by atoms with Crippen LogP contribution in [-0.2, 0) is 5.41 Å². The molecule has 1 saturated heterocycles. The Morgan fingerprint density at radius 2 is 1.85 bits per heavy atom. The van der Waals surface area contributed by atoms with Crippen molar-refractivity contribution in [1.82, 2.24) is 10.3 Å². The van der Waals surface area contributed by atoms with E-state index in [1.807, 2.05) is 36.5 Å². The van der Waals surface area contributed by atoms with Gasteiger partial charge in [0.2, 0.25) is 0 Å². The third-order valence-electron chi connectivity index (χ3n) is 6.58. The van der Waals surface area contributed by atoms with Crippen LogP contribution in [0.3, 0.4) is 0 Å². The Morgan fingerprint density at radius 3 is 2.61 bits per heavy atom. The fourth-order valence-corrected chi connectivity index (χ4v) is 4.52. The fourth-order valence-electron chi connectivity index (χ4n) is 4.52. The number of aryl methyl sites for hydroxylation is 1. The third kappa shape index (κ3) is 5.51. The lowest BCUT2D eigenvalue weighted by atomic mass is 9.86. The number of hydrogen-bond acceptors (Lipinski definition) is 3. The van der Waals surface area contributed by atoms with E-state index in [9.17, 15) is 4.79 Å². The zero-order chi connectivity index (χ0) is 23.4. The van der Waals surface area contributed by atoms with Gasteiger partial charge in [-0.15, -0.1) is 0 Å². The molecule has 1 amide bonds. The number of carbonyl (C=O) groups excluding carboxylic acids is 1. The molecular weight excluding hydrogens is 406 g/mol. The minimum absolute atomic E-state index is 0.0987. The molecule has 1 aliphatic rings. The zero-order valence-electron chi connectivity index (χ0n) is 20.2. The van der Waals surface area contributed by atoms with Crippen LogP contribution in [-0.4, -0.2) is 24.0 Å². The SMILES string of the molecule is Cc1ccc(C(=O)Nc2cccnc2C2CCCCNC2)cc1-c1ccc(C(C)(C)C)cc1. The van der Waals surface area contributed by atoms with Crippen LogP contribution in [0.15, 0.2) is 60.8 Å². The molecule has 0 spiro atoms. The summed E-state index contributed by atoms with van der Waals surface area (Å²) in [4.78, 5) is 17.9. The summed E-state index contributed by atoms with van der Waals surface area (Å²) in [6.45, 7) is 10.7. The van der Waals surface area contributed by atoms with E-state index in [0.29, 0.717) is 11.5 Å². The van der Waals surface area contributed by atoms with E-state index in [1.165, 1.54) is 18.4 Å². The van der Waals surface area contributed by atoms with E-state index < -0.39 is 0 Å². The van der Waals surface area contributed by atoms with Gasteiger partial charge in [-0.25, -0.2) is 0 Å². The van der Waals surface area contributed by atoms with Crippen LogP contribution in [0.5, 0.6) is 0 Å². The molecule has 1 atom stereocenters. The molecule has 172 valence electrons. The average molecular weight is 442 g/mol. The predicted octanol–water partition coefficient (Wildman–Crippen LogP) is 6.46. The Balaban J connectivity index is 1.58. The van der Waals surface area contributed by atoms with Gasteiger partial charge in [-0.3, -0.25) is 9.78 Å². The summed E-state index contributed by atoms with van der Waals surface area (Å²) in [5.41, 5.74) is 7.23. The molecule has 2 aromatic carbocycles. The highest BCUT2D eigenvalue weighted by molar-refractivity contribution is 6.05. The molecule has 0 aliphatic carbocycles. The molecule has 0 radical (unpaired) electrons. The van der Waals surface area contributed by atoms with Gasteiger partial charge in [0.1, 0.15) is 0 Å². The first-order valence-corrected chi connectivity index (χ1v) is 12.0. The molecular formula is C29H35N3O. The van der Waals surface area contributed by atoms with E-state index in [2.05, 4.69) is 67.6 Å². The Bertz CT molecular complexity index is 1100. The van der Waals surface area contributed by atoms with Gasteiger partial charge in [-0.05, 0) is 78.2 Å². The lowest BCUT2D eigenvalue weighted by Crippen LogP contribution is -2.22. The summed E-state index contributed by atoms with van der Waals surface area (Å²) in [6, 6.07) is 18.5. The van der Waals surface area contributed by atoms with E-state index in [0.717, 1.165) is 47.6 Å². The smallest absolute Gasteiger partial charge is 0.255 e. The molecule has 1 fully saturated rings. The number of pyridine rings is 1. The van der Waals surface area contributed by atoms with Crippen molar-refractivity contribution < 1.29 is 4.79 Å². The van der Waals surface area contributed by atoms with E-state index in [1.54, 1.807) is 0 Å². The van der Waals surface area contributed by atoms with Crippen LogP contribution in [0.1, 0.15) is 73.1 Å². The third-order valence-corrected chi connectivity index (χ3v) is 6.58. The molecule has 4 rings (SSSR count). The van der Waals surface area contributed by atoms with Gasteiger partial charge in [-0.2, -0.15) is 0 Å². The summed E-state index contributed by atoms with van der Waals surface area (Å²) in [6.07, 6.45) is 5.28. The molecule has 4 heteroatoms. The van der Waals surface area contributed by atoms with Crippen molar-refractivity contribution >= 4 is 11.6 Å². The highest BCUT2D eigenvalue weighted by Gasteiger charge is 2.20. The lowest BCUT2D eigenvalue weighted by molar-refractivity contribution is 0.102. The van der Waals surface area contributed by atoms with Crippen molar-refractivity contribution in [2.24, 2.45) is 0 Å². The first-order chi connectivity index (χ1) is 15.8. The van der Waals surface area contributed by atoms with Gasteiger partial charge in [0, 0.05) is 24.2 Å². The maximum Gasteiger partial charge on any atom is 0.255 e. The van der Waals surface area contributed by atoms with Crippen molar-refractivity contribution in [3.63, 3.8) is 0 Å². The van der Waals surface area contributed by atoms with Crippen LogP contribution in [0.4, 0.5) is 5.69 Å². The van der Waals surface area contributed by atoms with Crippen molar-refractivity contribution in [3.8, 4) is 11.1 Å². The minimum atomic E-state index is -0.0987. The van der Waals surface area contributed by atoms with Gasteiger partial charge < -0.3 is 10.6 Å². The first-order valence-electron chi connectivity index (χ1n) is 12.0. The fraction of sp³-hybridized carbons (Fsp3) is 0.379. The second-order valence-electron chi connectivity index (χ2n) is 10.1. The second-order valence-corrected chi connectivity index (χ2v) is 10.1. The number of nitrogens with zero attached hydrogens (tertiary/aromatic N) is 1. The number of nitrogens with one attached hydrogen (secondary N) is 2. The molecule has 1 unspecified atom stereocenters. The van der Waals surface area contributed by atoms with Crippen LogP contribution < -0.4 is 10.6 Å². The van der Waals surface area contributed by atoms with E-state index in [4.69, 9.17) is 0 Å². The minimum Gasteiger partial charge on any atom is -0.320 e. The Hall–Kier alpha value is -2.98. The van der Waals surface area contributed by atoms with E-state index >= 15 is 0 Å². The molecule has 2 N–H and O–H groups in total. The summed E-state index contributed by atoms with van der Waals surface area (Å²) < 4.78 is 0. The summed E-state index contributed by atoms with van der Waals surface area (Å²) in [5, 5.41) is 6.64. The largest absolute Gasteiger partial charge is 0.320 e. The van der Waals surface area contributed by atoms with Crippen molar-refractivity contribution in [3.05, 3.63) is 83.2 Å². The van der Waals surface area contributed by atoms with Crippen molar-refractivity contribution in [1.29, 1.82) is 0 Å². The van der Waals surface area contributed by atoms with Gasteiger partial charge in [0.25, 0.3) is 5.91 Å². The standard InChI is InChI=1S/C29H35N3O/c1-20-10-11-22(18-25(20)21-12-14-24(15-13-21)29(2,3)4)28(33)32-26-9-7-17-31-27(26)23-8-5-6-16-30-19-23/h7,9-15,17-18,23,30H,5-6,8,16,19H2,1-4H3,(H,32,33). The van der Waals surface area contributed by atoms with Crippen LogP contribution in [0.2, 0.25) is 0 Å². The number of amides is 1. The predicted molar refractivity (Wildman–Crippen MR) is 137 cm³/mol. The molecule has 2 heterocycles. The Kier molecular flexibility index (Phi) is 6.94. The highest BCUT2D eigenvalue weighted by atomic mass is 16.1. The van der Waals surface area contributed by atoms with Crippen LogP contribution in [0, 0.1) is 6.92 Å². The van der Waals surface area contributed by atoms with Crippen LogP contribution >= 0.6 is 0 Å². The normalized spacial score (nSPS) is 16.8. The Labute approximate surface area is 197 Å². The van der Waals surface area contributed by atoms with Crippen molar-refractivity contribution in [2.45, 2.75) is 58.3 Å².